The molecule has 8 heteroatoms. The second-order valence-electron chi connectivity index (χ2n) is 5.26. The summed E-state index contributed by atoms with van der Waals surface area (Å²) in [7, 11) is 0. The van der Waals surface area contributed by atoms with Gasteiger partial charge in [0.25, 0.3) is 0 Å². The zero-order valence-corrected chi connectivity index (χ0v) is 12.8. The van der Waals surface area contributed by atoms with Crippen molar-refractivity contribution in [2.75, 3.05) is 11.1 Å². The minimum Gasteiger partial charge on any atom is -0.325 e. The summed E-state index contributed by atoms with van der Waals surface area (Å²) in [6, 6.07) is 4.87. The Balaban J connectivity index is 1.54. The molecule has 0 radical (unpaired) electrons. The van der Waals surface area contributed by atoms with Crippen LogP contribution in [0.4, 0.5) is 18.9 Å². The van der Waals surface area contributed by atoms with Gasteiger partial charge in [-0.15, -0.1) is 0 Å². The van der Waals surface area contributed by atoms with Crippen LogP contribution in [0.2, 0.25) is 0 Å². The van der Waals surface area contributed by atoms with Gasteiger partial charge < -0.3 is 9.88 Å². The number of hydrogen-bond donors (Lipinski definition) is 1. The first-order chi connectivity index (χ1) is 10.9. The monoisotopic (exact) mass is 341 g/mol. The number of aromatic nitrogens is 2. The fraction of sp³-hybridized carbons (Fsp3) is 0.333. The lowest BCUT2D eigenvalue weighted by Gasteiger charge is -2.09. The van der Waals surface area contributed by atoms with E-state index in [0.29, 0.717) is 11.7 Å². The highest BCUT2D eigenvalue weighted by Gasteiger charge is 2.30. The molecule has 0 saturated heterocycles. The minimum absolute atomic E-state index is 0.157. The number of alkyl halides is 3. The van der Waals surface area contributed by atoms with Crippen LogP contribution in [0, 0.1) is 0 Å². The molecular weight excluding hydrogens is 327 g/mol. The highest BCUT2D eigenvalue weighted by molar-refractivity contribution is 7.99. The summed E-state index contributed by atoms with van der Waals surface area (Å²) in [5.74, 6) is -0.120. The number of halogens is 3. The fourth-order valence-electron chi connectivity index (χ4n) is 2.11. The van der Waals surface area contributed by atoms with Crippen molar-refractivity contribution >= 4 is 23.4 Å². The van der Waals surface area contributed by atoms with E-state index >= 15 is 0 Å². The zero-order chi connectivity index (χ0) is 16.4. The molecule has 1 aromatic carbocycles. The molecule has 1 aliphatic carbocycles. The molecule has 1 fully saturated rings. The van der Waals surface area contributed by atoms with Crippen LogP contribution >= 0.6 is 11.8 Å². The third-order valence-corrected chi connectivity index (χ3v) is 4.38. The fourth-order valence-corrected chi connectivity index (χ4v) is 2.94. The van der Waals surface area contributed by atoms with E-state index in [4.69, 9.17) is 0 Å². The lowest BCUT2D eigenvalue weighted by molar-refractivity contribution is -0.137. The number of benzene rings is 1. The Hall–Kier alpha value is -1.96. The lowest BCUT2D eigenvalue weighted by atomic mass is 10.2. The summed E-state index contributed by atoms with van der Waals surface area (Å²) in [4.78, 5) is 16.1. The predicted molar refractivity (Wildman–Crippen MR) is 81.3 cm³/mol. The van der Waals surface area contributed by atoms with E-state index in [1.165, 1.54) is 23.9 Å². The number of nitrogens with zero attached hydrogens (tertiary/aromatic N) is 2. The second kappa shape index (κ2) is 6.27. The first-order valence-corrected chi connectivity index (χ1v) is 8.05. The molecule has 0 unspecified atom stereocenters. The summed E-state index contributed by atoms with van der Waals surface area (Å²) in [6.45, 7) is 0. The molecule has 1 N–H and O–H groups in total. The predicted octanol–water partition coefficient (Wildman–Crippen LogP) is 3.97. The lowest BCUT2D eigenvalue weighted by Crippen LogP contribution is -2.15. The van der Waals surface area contributed by atoms with Gasteiger partial charge in [0.05, 0.1) is 11.3 Å². The van der Waals surface area contributed by atoms with Crippen LogP contribution in [0.5, 0.6) is 0 Å². The van der Waals surface area contributed by atoms with Gasteiger partial charge in [-0.2, -0.15) is 13.2 Å². The molecule has 3 rings (SSSR count). The van der Waals surface area contributed by atoms with Crippen LogP contribution in [-0.2, 0) is 11.0 Å². The second-order valence-corrected chi connectivity index (χ2v) is 6.20. The molecule has 0 atom stereocenters. The van der Waals surface area contributed by atoms with Crippen molar-refractivity contribution in [3.63, 3.8) is 0 Å². The van der Waals surface area contributed by atoms with Crippen molar-refractivity contribution < 1.29 is 18.0 Å². The maximum absolute atomic E-state index is 12.5. The maximum atomic E-state index is 12.5. The Kier molecular flexibility index (Phi) is 4.34. The van der Waals surface area contributed by atoms with E-state index in [2.05, 4.69) is 14.9 Å². The van der Waals surface area contributed by atoms with E-state index in [0.717, 1.165) is 30.1 Å². The van der Waals surface area contributed by atoms with Gasteiger partial charge >= 0.3 is 6.18 Å². The van der Waals surface area contributed by atoms with Crippen molar-refractivity contribution in [3.05, 3.63) is 42.2 Å². The normalized spacial score (nSPS) is 14.7. The molecule has 1 aliphatic rings. The van der Waals surface area contributed by atoms with Crippen molar-refractivity contribution in [2.24, 2.45) is 0 Å². The van der Waals surface area contributed by atoms with Crippen LogP contribution < -0.4 is 5.32 Å². The summed E-state index contributed by atoms with van der Waals surface area (Å²) < 4.78 is 39.5. The van der Waals surface area contributed by atoms with Crippen LogP contribution in [0.15, 0.2) is 41.8 Å². The van der Waals surface area contributed by atoms with Crippen molar-refractivity contribution in [3.8, 4) is 0 Å². The largest absolute Gasteiger partial charge is 0.416 e. The summed E-state index contributed by atoms with van der Waals surface area (Å²) in [6.07, 6.45) is 1.48. The number of anilines is 1. The van der Waals surface area contributed by atoms with E-state index in [9.17, 15) is 18.0 Å². The molecular formula is C15H14F3N3OS. The highest BCUT2D eigenvalue weighted by Crippen LogP contribution is 2.37. The smallest absolute Gasteiger partial charge is 0.325 e. The molecule has 2 aromatic rings. The molecule has 0 aliphatic heterocycles. The SMILES string of the molecule is O=C(CSc1nccn1C1CC1)Nc1ccc(C(F)(F)F)cc1. The topological polar surface area (TPSA) is 46.9 Å². The summed E-state index contributed by atoms with van der Waals surface area (Å²) >= 11 is 1.32. The number of amides is 1. The Morgan fingerprint density at radius 1 is 1.30 bits per heavy atom. The molecule has 0 bridgehead atoms. The minimum atomic E-state index is -4.38. The molecule has 1 aromatic heterocycles. The molecule has 1 amide bonds. The maximum Gasteiger partial charge on any atom is 0.416 e. The van der Waals surface area contributed by atoms with Gasteiger partial charge in [0.2, 0.25) is 5.91 Å². The highest BCUT2D eigenvalue weighted by atomic mass is 32.2. The first kappa shape index (κ1) is 15.9. The molecule has 122 valence electrons. The number of rotatable bonds is 5. The van der Waals surface area contributed by atoms with Crippen LogP contribution in [-0.4, -0.2) is 21.2 Å². The van der Waals surface area contributed by atoms with Gasteiger partial charge in [-0.3, -0.25) is 4.79 Å². The van der Waals surface area contributed by atoms with Crippen LogP contribution in [0.25, 0.3) is 0 Å². The average Bonchev–Trinajstić information content (AvgIpc) is 3.23. The number of carbonyl (C=O) groups is 1. The number of nitrogens with one attached hydrogen (secondary N) is 1. The molecule has 1 saturated carbocycles. The van der Waals surface area contributed by atoms with Crippen molar-refractivity contribution in [2.45, 2.75) is 30.2 Å². The average molecular weight is 341 g/mol. The molecule has 1 heterocycles. The van der Waals surface area contributed by atoms with Gasteiger partial charge in [0.1, 0.15) is 0 Å². The van der Waals surface area contributed by atoms with E-state index in [1.54, 1.807) is 6.20 Å². The van der Waals surface area contributed by atoms with Crippen molar-refractivity contribution in [1.82, 2.24) is 9.55 Å². The zero-order valence-electron chi connectivity index (χ0n) is 12.0. The molecule has 4 nitrogen and oxygen atoms in total. The number of thioether (sulfide) groups is 1. The third kappa shape index (κ3) is 4.07. The molecule has 23 heavy (non-hydrogen) atoms. The first-order valence-electron chi connectivity index (χ1n) is 7.06. The summed E-state index contributed by atoms with van der Waals surface area (Å²) in [5.41, 5.74) is -0.398. The van der Waals surface area contributed by atoms with E-state index in [1.807, 2.05) is 6.20 Å². The van der Waals surface area contributed by atoms with Crippen LogP contribution in [0.3, 0.4) is 0 Å². The number of carbonyl (C=O) groups excluding carboxylic acids is 1. The Labute approximate surface area is 135 Å². The third-order valence-electron chi connectivity index (χ3n) is 3.40. The Morgan fingerprint density at radius 3 is 2.61 bits per heavy atom. The van der Waals surface area contributed by atoms with Crippen molar-refractivity contribution in [1.29, 1.82) is 0 Å². The van der Waals surface area contributed by atoms with E-state index in [-0.39, 0.29) is 11.7 Å². The quantitative estimate of drug-likeness (QED) is 0.837. The van der Waals surface area contributed by atoms with Gasteiger partial charge in [0.15, 0.2) is 5.16 Å². The van der Waals surface area contributed by atoms with Gasteiger partial charge in [-0.25, -0.2) is 4.98 Å². The number of hydrogen-bond acceptors (Lipinski definition) is 3. The van der Waals surface area contributed by atoms with Crippen LogP contribution in [0.1, 0.15) is 24.4 Å². The molecule has 0 spiro atoms. The van der Waals surface area contributed by atoms with Gasteiger partial charge in [0, 0.05) is 24.1 Å². The van der Waals surface area contributed by atoms with Gasteiger partial charge in [-0.1, -0.05) is 11.8 Å². The number of imidazole rings is 1. The van der Waals surface area contributed by atoms with Gasteiger partial charge in [-0.05, 0) is 37.1 Å². The Morgan fingerprint density at radius 2 is 2.00 bits per heavy atom. The standard InChI is InChI=1S/C15H14F3N3OS/c16-15(17,18)10-1-3-11(4-2-10)20-13(22)9-23-14-19-7-8-21(14)12-5-6-12/h1-4,7-8,12H,5-6,9H2,(H,20,22). The Bertz CT molecular complexity index is 693. The summed E-state index contributed by atoms with van der Waals surface area (Å²) in [5, 5.41) is 3.37. The van der Waals surface area contributed by atoms with E-state index < -0.39 is 11.7 Å².